The van der Waals surface area contributed by atoms with Gasteiger partial charge in [-0.2, -0.15) is 0 Å². The molecule has 126 valence electrons. The van der Waals surface area contributed by atoms with Crippen molar-refractivity contribution in [1.82, 2.24) is 0 Å². The number of nitrogens with zero attached hydrogens (tertiary/aromatic N) is 1. The summed E-state index contributed by atoms with van der Waals surface area (Å²) < 4.78 is 10.8. The van der Waals surface area contributed by atoms with E-state index in [4.69, 9.17) is 9.47 Å². The smallest absolute Gasteiger partial charge is 0.265 e. The molecule has 0 atom stereocenters. The molecular formula is C19H22N2O3. The van der Waals surface area contributed by atoms with Crippen LogP contribution in [-0.2, 0) is 11.3 Å². The highest BCUT2D eigenvalue weighted by Gasteiger charge is 2.24. The lowest BCUT2D eigenvalue weighted by Gasteiger charge is -2.29. The molecule has 0 aromatic heterocycles. The summed E-state index contributed by atoms with van der Waals surface area (Å²) in [6, 6.07) is 13.8. The van der Waals surface area contributed by atoms with Gasteiger partial charge in [0.25, 0.3) is 5.91 Å². The van der Waals surface area contributed by atoms with Crippen molar-refractivity contribution in [2.45, 2.75) is 19.9 Å². The minimum Gasteiger partial charge on any atom is -0.497 e. The van der Waals surface area contributed by atoms with Gasteiger partial charge in [0.2, 0.25) is 0 Å². The second kappa shape index (κ2) is 7.25. The fourth-order valence-corrected chi connectivity index (χ4v) is 2.73. The van der Waals surface area contributed by atoms with Gasteiger partial charge >= 0.3 is 0 Å². The molecule has 1 aliphatic rings. The van der Waals surface area contributed by atoms with E-state index in [1.54, 1.807) is 12.0 Å². The number of nitrogens with one attached hydrogen (secondary N) is 1. The van der Waals surface area contributed by atoms with E-state index >= 15 is 0 Å². The third kappa shape index (κ3) is 3.45. The van der Waals surface area contributed by atoms with E-state index in [1.807, 2.05) is 42.5 Å². The Hall–Kier alpha value is -2.69. The van der Waals surface area contributed by atoms with E-state index in [-0.39, 0.29) is 12.5 Å². The van der Waals surface area contributed by atoms with Gasteiger partial charge < -0.3 is 19.7 Å². The molecule has 0 aliphatic carbocycles. The van der Waals surface area contributed by atoms with E-state index < -0.39 is 0 Å². The van der Waals surface area contributed by atoms with Gasteiger partial charge in [-0.3, -0.25) is 4.79 Å². The summed E-state index contributed by atoms with van der Waals surface area (Å²) in [6.07, 6.45) is 0.919. The number of amides is 1. The number of fused-ring (bicyclic) bond motifs is 1. The van der Waals surface area contributed by atoms with E-state index in [0.29, 0.717) is 13.1 Å². The van der Waals surface area contributed by atoms with Crippen molar-refractivity contribution in [2.24, 2.45) is 0 Å². The number of benzene rings is 2. The highest BCUT2D eigenvalue weighted by Crippen LogP contribution is 2.34. The monoisotopic (exact) mass is 326 g/mol. The van der Waals surface area contributed by atoms with Crippen LogP contribution in [0.1, 0.15) is 18.9 Å². The van der Waals surface area contributed by atoms with Crippen LogP contribution in [0.5, 0.6) is 11.5 Å². The predicted octanol–water partition coefficient (Wildman–Crippen LogP) is 3.44. The second-order valence-corrected chi connectivity index (χ2v) is 5.72. The fraction of sp³-hybridized carbons (Fsp3) is 0.316. The summed E-state index contributed by atoms with van der Waals surface area (Å²) in [4.78, 5) is 13.8. The number of hydrogen-bond acceptors (Lipinski definition) is 4. The Kier molecular flexibility index (Phi) is 4.89. The van der Waals surface area contributed by atoms with Crippen LogP contribution in [0.15, 0.2) is 42.5 Å². The maximum atomic E-state index is 12.0. The maximum Gasteiger partial charge on any atom is 0.265 e. The molecule has 1 amide bonds. The minimum atomic E-state index is 0.0169. The van der Waals surface area contributed by atoms with Crippen LogP contribution in [0.2, 0.25) is 0 Å². The van der Waals surface area contributed by atoms with Gasteiger partial charge in [0.05, 0.1) is 12.8 Å². The lowest BCUT2D eigenvalue weighted by molar-refractivity contribution is -0.121. The second-order valence-electron chi connectivity index (χ2n) is 5.72. The molecule has 0 unspecified atom stereocenters. The number of carbonyl (C=O) groups is 1. The first-order valence-electron chi connectivity index (χ1n) is 8.15. The summed E-state index contributed by atoms with van der Waals surface area (Å²) in [7, 11) is 1.66. The summed E-state index contributed by atoms with van der Waals surface area (Å²) in [5, 5.41) is 3.38. The van der Waals surface area contributed by atoms with Crippen molar-refractivity contribution < 1.29 is 14.3 Å². The predicted molar refractivity (Wildman–Crippen MR) is 94.9 cm³/mol. The first kappa shape index (κ1) is 16.2. The van der Waals surface area contributed by atoms with Gasteiger partial charge in [0, 0.05) is 24.8 Å². The van der Waals surface area contributed by atoms with Crippen molar-refractivity contribution >= 4 is 17.3 Å². The zero-order valence-corrected chi connectivity index (χ0v) is 14.0. The average molecular weight is 326 g/mol. The molecule has 0 bridgehead atoms. The molecule has 1 N–H and O–H groups in total. The zero-order valence-electron chi connectivity index (χ0n) is 14.0. The molecule has 3 rings (SSSR count). The van der Waals surface area contributed by atoms with Gasteiger partial charge in [-0.1, -0.05) is 19.1 Å². The summed E-state index contributed by atoms with van der Waals surface area (Å²) in [5.41, 5.74) is 2.98. The molecule has 0 spiro atoms. The number of hydrogen-bond donors (Lipinski definition) is 1. The van der Waals surface area contributed by atoms with Gasteiger partial charge in [0.1, 0.15) is 11.5 Å². The highest BCUT2D eigenvalue weighted by molar-refractivity contribution is 5.98. The molecule has 2 aromatic carbocycles. The minimum absolute atomic E-state index is 0.0169. The van der Waals surface area contributed by atoms with Crippen molar-refractivity contribution in [3.63, 3.8) is 0 Å². The molecule has 2 aromatic rings. The lowest BCUT2D eigenvalue weighted by Crippen LogP contribution is -2.39. The van der Waals surface area contributed by atoms with Crippen LogP contribution in [0.3, 0.4) is 0 Å². The SMILES string of the molecule is CCCN1C(=O)COc2cc(NCc3ccc(OC)cc3)ccc21. The Balaban J connectivity index is 1.70. The zero-order chi connectivity index (χ0) is 16.9. The average Bonchev–Trinajstić information content (AvgIpc) is 2.63. The first-order chi connectivity index (χ1) is 11.7. The van der Waals surface area contributed by atoms with Crippen LogP contribution in [0.4, 0.5) is 11.4 Å². The molecule has 0 saturated carbocycles. The number of rotatable bonds is 6. The Morgan fingerprint density at radius 2 is 2.00 bits per heavy atom. The molecule has 5 nitrogen and oxygen atoms in total. The normalized spacial score (nSPS) is 13.2. The molecule has 0 saturated heterocycles. The van der Waals surface area contributed by atoms with Gasteiger partial charge in [-0.15, -0.1) is 0 Å². The third-order valence-corrected chi connectivity index (χ3v) is 4.01. The Morgan fingerprint density at radius 1 is 1.21 bits per heavy atom. The third-order valence-electron chi connectivity index (χ3n) is 4.01. The van der Waals surface area contributed by atoms with Crippen molar-refractivity contribution in [3.05, 3.63) is 48.0 Å². The largest absolute Gasteiger partial charge is 0.497 e. The van der Waals surface area contributed by atoms with Crippen LogP contribution in [0, 0.1) is 0 Å². The van der Waals surface area contributed by atoms with Gasteiger partial charge in [-0.05, 0) is 36.2 Å². The molecule has 1 aliphatic heterocycles. The molecule has 5 heteroatoms. The van der Waals surface area contributed by atoms with Crippen LogP contribution < -0.4 is 19.7 Å². The topological polar surface area (TPSA) is 50.8 Å². The molecule has 0 radical (unpaired) electrons. The van der Waals surface area contributed by atoms with Crippen LogP contribution in [0.25, 0.3) is 0 Å². The summed E-state index contributed by atoms with van der Waals surface area (Å²) >= 11 is 0. The number of methoxy groups -OCH3 is 1. The Labute approximate surface area is 142 Å². The number of anilines is 2. The van der Waals surface area contributed by atoms with Gasteiger partial charge in [0.15, 0.2) is 6.61 Å². The van der Waals surface area contributed by atoms with Crippen molar-refractivity contribution in [2.75, 3.05) is 30.5 Å². The molecule has 24 heavy (non-hydrogen) atoms. The maximum absolute atomic E-state index is 12.0. The van der Waals surface area contributed by atoms with E-state index in [9.17, 15) is 4.79 Å². The van der Waals surface area contributed by atoms with Crippen LogP contribution in [-0.4, -0.2) is 26.2 Å². The highest BCUT2D eigenvalue weighted by atomic mass is 16.5. The summed E-state index contributed by atoms with van der Waals surface area (Å²) in [5.74, 6) is 1.62. The molecule has 0 fully saturated rings. The number of ether oxygens (including phenoxy) is 2. The van der Waals surface area contributed by atoms with Crippen molar-refractivity contribution in [1.29, 1.82) is 0 Å². The standard InChI is InChI=1S/C19H22N2O3/c1-3-10-21-17-9-6-15(11-18(17)24-13-19(21)22)20-12-14-4-7-16(23-2)8-5-14/h4-9,11,20H,3,10,12-13H2,1-2H3. The quantitative estimate of drug-likeness (QED) is 0.883. The fourth-order valence-electron chi connectivity index (χ4n) is 2.73. The lowest BCUT2D eigenvalue weighted by atomic mass is 10.2. The van der Waals surface area contributed by atoms with Crippen molar-refractivity contribution in [3.8, 4) is 11.5 Å². The summed E-state index contributed by atoms with van der Waals surface area (Å²) in [6.45, 7) is 3.59. The van der Waals surface area contributed by atoms with E-state index in [2.05, 4.69) is 12.2 Å². The van der Waals surface area contributed by atoms with Crippen LogP contribution >= 0.6 is 0 Å². The van der Waals surface area contributed by atoms with Gasteiger partial charge in [-0.25, -0.2) is 0 Å². The molecular weight excluding hydrogens is 304 g/mol. The van der Waals surface area contributed by atoms with E-state index in [0.717, 1.165) is 34.9 Å². The first-order valence-corrected chi connectivity index (χ1v) is 8.15. The Bertz CT molecular complexity index is 713. The van der Waals surface area contributed by atoms with E-state index in [1.165, 1.54) is 0 Å². The number of carbonyl (C=O) groups excluding carboxylic acids is 1. The Morgan fingerprint density at radius 3 is 2.71 bits per heavy atom. The molecule has 1 heterocycles.